The number of hydrogen-bond donors (Lipinski definition) is 1. The normalized spacial score (nSPS) is 13.9. The summed E-state index contributed by atoms with van der Waals surface area (Å²) in [6.07, 6.45) is 5.29. The van der Waals surface area contributed by atoms with Gasteiger partial charge < -0.3 is 10.5 Å². The molecule has 1 amide bonds. The van der Waals surface area contributed by atoms with Crippen molar-refractivity contribution in [2.45, 2.75) is 45.1 Å². The van der Waals surface area contributed by atoms with E-state index in [0.717, 1.165) is 33.6 Å². The van der Waals surface area contributed by atoms with Crippen LogP contribution in [0.2, 0.25) is 0 Å². The van der Waals surface area contributed by atoms with Crippen molar-refractivity contribution in [1.82, 2.24) is 14.8 Å². The Morgan fingerprint density at radius 1 is 1.33 bits per heavy atom. The minimum Gasteiger partial charge on any atom is -0.496 e. The fraction of sp³-hybridized carbons (Fsp3) is 0.381. The Kier molecular flexibility index (Phi) is 4.56. The summed E-state index contributed by atoms with van der Waals surface area (Å²) in [5.41, 5.74) is 11.7. The summed E-state index contributed by atoms with van der Waals surface area (Å²) >= 11 is 0. The van der Waals surface area contributed by atoms with Gasteiger partial charge in [-0.05, 0) is 67.5 Å². The molecule has 140 valence electrons. The van der Waals surface area contributed by atoms with Gasteiger partial charge in [0.05, 0.1) is 24.5 Å². The number of nitrogens with two attached hydrogens (primary N) is 1. The van der Waals surface area contributed by atoms with E-state index < -0.39 is 0 Å². The smallest absolute Gasteiger partial charge is 0.217 e. The summed E-state index contributed by atoms with van der Waals surface area (Å²) in [7, 11) is 1.68. The van der Waals surface area contributed by atoms with Crippen LogP contribution < -0.4 is 10.5 Å². The number of primary amides is 1. The number of aryl methyl sites for hydroxylation is 2. The van der Waals surface area contributed by atoms with Gasteiger partial charge in [-0.3, -0.25) is 9.48 Å². The van der Waals surface area contributed by atoms with Gasteiger partial charge in [0, 0.05) is 18.5 Å². The number of hydrogen-bond acceptors (Lipinski definition) is 4. The molecule has 0 unspecified atom stereocenters. The van der Waals surface area contributed by atoms with Gasteiger partial charge in [-0.25, -0.2) is 4.98 Å². The molecule has 3 aromatic rings. The lowest BCUT2D eigenvalue weighted by Crippen LogP contribution is -2.12. The Balaban J connectivity index is 1.74. The first-order valence-electron chi connectivity index (χ1n) is 9.36. The van der Waals surface area contributed by atoms with Crippen molar-refractivity contribution >= 4 is 16.9 Å². The Hall–Kier alpha value is -2.89. The molecule has 1 fully saturated rings. The van der Waals surface area contributed by atoms with Crippen LogP contribution in [-0.4, -0.2) is 27.8 Å². The largest absolute Gasteiger partial charge is 0.496 e. The van der Waals surface area contributed by atoms with Gasteiger partial charge in [0.1, 0.15) is 11.3 Å². The van der Waals surface area contributed by atoms with Gasteiger partial charge in [-0.2, -0.15) is 5.10 Å². The molecule has 0 atom stereocenters. The Labute approximate surface area is 158 Å². The van der Waals surface area contributed by atoms with E-state index in [4.69, 9.17) is 15.5 Å². The van der Waals surface area contributed by atoms with Crippen LogP contribution in [0.4, 0.5) is 0 Å². The summed E-state index contributed by atoms with van der Waals surface area (Å²) in [4.78, 5) is 15.9. The number of carbonyl (C=O) groups is 1. The minimum atomic E-state index is -0.274. The van der Waals surface area contributed by atoms with Gasteiger partial charge in [-0.1, -0.05) is 0 Å². The molecule has 1 saturated carbocycles. The predicted molar refractivity (Wildman–Crippen MR) is 105 cm³/mol. The topological polar surface area (TPSA) is 83.0 Å². The van der Waals surface area contributed by atoms with Crippen LogP contribution in [0.5, 0.6) is 5.75 Å². The molecular weight excluding hydrogens is 340 g/mol. The average Bonchev–Trinajstić information content (AvgIpc) is 3.42. The highest BCUT2D eigenvalue weighted by Crippen LogP contribution is 2.44. The van der Waals surface area contributed by atoms with E-state index in [2.05, 4.69) is 17.2 Å². The molecule has 0 radical (unpaired) electrons. The maximum absolute atomic E-state index is 11.0. The first-order valence-corrected chi connectivity index (χ1v) is 9.36. The molecule has 6 heteroatoms. The number of aromatic nitrogens is 3. The molecule has 2 aromatic heterocycles. The van der Waals surface area contributed by atoms with Crippen molar-refractivity contribution in [2.75, 3.05) is 7.11 Å². The van der Waals surface area contributed by atoms with E-state index in [1.54, 1.807) is 7.11 Å². The van der Waals surface area contributed by atoms with Gasteiger partial charge in [-0.15, -0.1) is 0 Å². The van der Waals surface area contributed by atoms with E-state index in [1.165, 1.54) is 18.4 Å². The second-order valence-corrected chi connectivity index (χ2v) is 7.23. The summed E-state index contributed by atoms with van der Waals surface area (Å²) in [5, 5.41) is 4.52. The van der Waals surface area contributed by atoms with Crippen LogP contribution in [-0.2, 0) is 11.3 Å². The number of methoxy groups -OCH3 is 1. The zero-order chi connectivity index (χ0) is 19.0. The van der Waals surface area contributed by atoms with E-state index >= 15 is 0 Å². The van der Waals surface area contributed by atoms with Crippen molar-refractivity contribution in [2.24, 2.45) is 5.73 Å². The number of benzene rings is 1. The summed E-state index contributed by atoms with van der Waals surface area (Å²) in [6.45, 7) is 2.72. The molecule has 27 heavy (non-hydrogen) atoms. The molecule has 6 nitrogen and oxygen atoms in total. The van der Waals surface area contributed by atoms with Crippen LogP contribution in [0.3, 0.4) is 0 Å². The lowest BCUT2D eigenvalue weighted by atomic mass is 10.0. The molecule has 0 saturated heterocycles. The molecule has 0 bridgehead atoms. The lowest BCUT2D eigenvalue weighted by Gasteiger charge is -2.11. The lowest BCUT2D eigenvalue weighted by molar-refractivity contribution is -0.118. The van der Waals surface area contributed by atoms with Crippen LogP contribution in [0.1, 0.15) is 42.7 Å². The second-order valence-electron chi connectivity index (χ2n) is 7.23. The molecule has 2 heterocycles. The number of carbonyl (C=O) groups excluding carboxylic acids is 1. The number of rotatable bonds is 7. The van der Waals surface area contributed by atoms with Crippen molar-refractivity contribution in [3.05, 3.63) is 41.6 Å². The monoisotopic (exact) mass is 364 g/mol. The third-order valence-corrected chi connectivity index (χ3v) is 5.13. The van der Waals surface area contributed by atoms with E-state index in [9.17, 15) is 4.79 Å². The fourth-order valence-corrected chi connectivity index (χ4v) is 3.60. The highest BCUT2D eigenvalue weighted by molar-refractivity contribution is 5.83. The Morgan fingerprint density at radius 3 is 2.81 bits per heavy atom. The summed E-state index contributed by atoms with van der Waals surface area (Å²) < 4.78 is 7.34. The van der Waals surface area contributed by atoms with Gasteiger partial charge in [0.2, 0.25) is 5.91 Å². The van der Waals surface area contributed by atoms with Crippen LogP contribution >= 0.6 is 0 Å². The number of amides is 1. The second kappa shape index (κ2) is 7.02. The molecule has 2 N–H and O–H groups in total. The third kappa shape index (κ3) is 3.52. The number of pyridine rings is 1. The maximum Gasteiger partial charge on any atom is 0.217 e. The first-order chi connectivity index (χ1) is 13.1. The van der Waals surface area contributed by atoms with Crippen LogP contribution in [0.15, 0.2) is 30.5 Å². The Morgan fingerprint density at radius 2 is 2.15 bits per heavy atom. The number of fused-ring (bicyclic) bond motifs is 1. The van der Waals surface area contributed by atoms with Gasteiger partial charge in [0.15, 0.2) is 0 Å². The van der Waals surface area contributed by atoms with Crippen LogP contribution in [0.25, 0.3) is 22.3 Å². The summed E-state index contributed by atoms with van der Waals surface area (Å²) in [5.74, 6) is 1.17. The number of nitrogens with zero attached hydrogens (tertiary/aromatic N) is 3. The molecule has 0 spiro atoms. The fourth-order valence-electron chi connectivity index (χ4n) is 3.60. The molecular formula is C21H24N4O2. The van der Waals surface area contributed by atoms with Crippen LogP contribution in [0, 0.1) is 6.92 Å². The summed E-state index contributed by atoms with van der Waals surface area (Å²) in [6, 6.07) is 8.35. The Bertz CT molecular complexity index is 1000. The molecule has 1 aliphatic rings. The third-order valence-electron chi connectivity index (χ3n) is 5.13. The maximum atomic E-state index is 11.0. The van der Waals surface area contributed by atoms with Gasteiger partial charge >= 0.3 is 0 Å². The predicted octanol–water partition coefficient (Wildman–Crippen LogP) is 3.56. The minimum absolute atomic E-state index is 0.274. The average molecular weight is 364 g/mol. The van der Waals surface area contributed by atoms with Gasteiger partial charge in [0.25, 0.3) is 0 Å². The zero-order valence-electron chi connectivity index (χ0n) is 15.7. The highest BCUT2D eigenvalue weighted by Gasteiger charge is 2.28. The molecule has 4 rings (SSSR count). The highest BCUT2D eigenvalue weighted by atomic mass is 16.5. The zero-order valence-corrected chi connectivity index (χ0v) is 15.7. The molecule has 1 aliphatic carbocycles. The van der Waals surface area contributed by atoms with E-state index in [-0.39, 0.29) is 5.91 Å². The van der Waals surface area contributed by atoms with Crippen molar-refractivity contribution in [3.63, 3.8) is 0 Å². The van der Waals surface area contributed by atoms with E-state index in [0.29, 0.717) is 25.3 Å². The standard InChI is InChI=1S/C21H24N4O2/c1-13-10-15(7-8-19(13)27-2)17-11-16(14-5-6-14)21-18(24-17)12-23-25(21)9-3-4-20(22)26/h7-8,10-12,14H,3-6,9H2,1-2H3,(H2,22,26). The quantitative estimate of drug-likeness (QED) is 0.695. The van der Waals surface area contributed by atoms with E-state index in [1.807, 2.05) is 29.9 Å². The van der Waals surface area contributed by atoms with Crippen molar-refractivity contribution in [1.29, 1.82) is 0 Å². The molecule has 0 aliphatic heterocycles. The number of ether oxygens (including phenoxy) is 1. The molecule has 1 aromatic carbocycles. The SMILES string of the molecule is COc1ccc(-c2cc(C3CC3)c3c(cnn3CCCC(N)=O)n2)cc1C. The first kappa shape index (κ1) is 17.5. The van der Waals surface area contributed by atoms with Crippen molar-refractivity contribution in [3.8, 4) is 17.0 Å². The van der Waals surface area contributed by atoms with Crippen molar-refractivity contribution < 1.29 is 9.53 Å².